The van der Waals surface area contributed by atoms with Gasteiger partial charge < -0.3 is 15.8 Å². The second kappa shape index (κ2) is 5.47. The van der Waals surface area contributed by atoms with Crippen LogP contribution in [0.15, 0.2) is 0 Å². The Balaban J connectivity index is 2.34. The lowest BCUT2D eigenvalue weighted by atomic mass is 10.2. The highest BCUT2D eigenvalue weighted by molar-refractivity contribution is 5.80. The molecule has 15 heavy (non-hydrogen) atoms. The van der Waals surface area contributed by atoms with Gasteiger partial charge in [-0.15, -0.1) is 0 Å². The van der Waals surface area contributed by atoms with Crippen molar-refractivity contribution in [1.82, 2.24) is 5.32 Å². The molecule has 1 amide bonds. The van der Waals surface area contributed by atoms with Crippen molar-refractivity contribution in [2.45, 2.75) is 64.3 Å². The van der Waals surface area contributed by atoms with Gasteiger partial charge in [-0.25, -0.2) is 0 Å². The molecule has 1 rings (SSSR count). The molecule has 4 nitrogen and oxygen atoms in total. The van der Waals surface area contributed by atoms with Crippen molar-refractivity contribution in [3.8, 4) is 0 Å². The Morgan fingerprint density at radius 1 is 1.40 bits per heavy atom. The summed E-state index contributed by atoms with van der Waals surface area (Å²) in [6, 6.07) is 0.250. The fourth-order valence-electron chi connectivity index (χ4n) is 1.85. The Morgan fingerprint density at radius 2 is 2.07 bits per heavy atom. The van der Waals surface area contributed by atoms with E-state index in [-0.39, 0.29) is 24.1 Å². The molecule has 0 aromatic rings. The molecule has 88 valence electrons. The van der Waals surface area contributed by atoms with E-state index in [9.17, 15) is 4.79 Å². The molecule has 1 saturated carbocycles. The second-order valence-electron chi connectivity index (χ2n) is 4.57. The summed E-state index contributed by atoms with van der Waals surface area (Å²) >= 11 is 0. The summed E-state index contributed by atoms with van der Waals surface area (Å²) in [6.45, 7) is 5.65. The van der Waals surface area contributed by atoms with E-state index >= 15 is 0 Å². The van der Waals surface area contributed by atoms with Crippen LogP contribution in [0, 0.1) is 0 Å². The number of nitrogens with one attached hydrogen (secondary N) is 1. The standard InChI is InChI=1S/C11H22N2O2/c1-7(2)13-11(14)8(3)15-10-6-4-5-9(10)12/h7-10H,4-6,12H2,1-3H3,(H,13,14). The molecular weight excluding hydrogens is 192 g/mol. The van der Waals surface area contributed by atoms with Crippen LogP contribution >= 0.6 is 0 Å². The van der Waals surface area contributed by atoms with Gasteiger partial charge in [0.1, 0.15) is 6.10 Å². The Bertz CT molecular complexity index is 219. The number of carbonyl (C=O) groups is 1. The molecule has 3 N–H and O–H groups in total. The van der Waals surface area contributed by atoms with E-state index < -0.39 is 6.10 Å². The molecule has 0 spiro atoms. The lowest BCUT2D eigenvalue weighted by Gasteiger charge is -2.22. The number of ether oxygens (including phenoxy) is 1. The van der Waals surface area contributed by atoms with Gasteiger partial charge in [-0.1, -0.05) is 0 Å². The summed E-state index contributed by atoms with van der Waals surface area (Å²) in [4.78, 5) is 11.6. The summed E-state index contributed by atoms with van der Waals surface area (Å²) in [5.41, 5.74) is 5.87. The molecule has 3 atom stereocenters. The van der Waals surface area contributed by atoms with Crippen LogP contribution in [0.25, 0.3) is 0 Å². The first-order chi connectivity index (χ1) is 7.00. The van der Waals surface area contributed by atoms with Crippen LogP contribution in [-0.4, -0.2) is 30.2 Å². The Hall–Kier alpha value is -0.610. The average Bonchev–Trinajstić information content (AvgIpc) is 2.50. The highest BCUT2D eigenvalue weighted by Crippen LogP contribution is 2.21. The van der Waals surface area contributed by atoms with Gasteiger partial charge in [0, 0.05) is 12.1 Å². The van der Waals surface area contributed by atoms with Crippen LogP contribution in [0.3, 0.4) is 0 Å². The quantitative estimate of drug-likeness (QED) is 0.727. The van der Waals surface area contributed by atoms with Crippen molar-refractivity contribution < 1.29 is 9.53 Å². The minimum atomic E-state index is -0.401. The monoisotopic (exact) mass is 214 g/mol. The van der Waals surface area contributed by atoms with E-state index in [1.165, 1.54) is 0 Å². The predicted octanol–water partition coefficient (Wildman–Crippen LogP) is 0.796. The molecule has 0 aromatic carbocycles. The van der Waals surface area contributed by atoms with Crippen molar-refractivity contribution in [2.24, 2.45) is 5.73 Å². The normalized spacial score (nSPS) is 28.1. The maximum atomic E-state index is 11.6. The van der Waals surface area contributed by atoms with Crippen LogP contribution < -0.4 is 11.1 Å². The van der Waals surface area contributed by atoms with Gasteiger partial charge in [0.2, 0.25) is 5.91 Å². The molecule has 1 fully saturated rings. The molecular formula is C11H22N2O2. The second-order valence-corrected chi connectivity index (χ2v) is 4.57. The first kappa shape index (κ1) is 12.5. The van der Waals surface area contributed by atoms with Gasteiger partial charge in [-0.05, 0) is 40.0 Å². The zero-order valence-corrected chi connectivity index (χ0v) is 9.82. The fourth-order valence-corrected chi connectivity index (χ4v) is 1.85. The molecule has 0 aromatic heterocycles. The molecule has 0 saturated heterocycles. The summed E-state index contributed by atoms with van der Waals surface area (Å²) in [5, 5.41) is 2.83. The summed E-state index contributed by atoms with van der Waals surface area (Å²) in [6.07, 6.45) is 2.73. The van der Waals surface area contributed by atoms with Crippen molar-refractivity contribution in [3.63, 3.8) is 0 Å². The first-order valence-corrected chi connectivity index (χ1v) is 5.72. The van der Waals surface area contributed by atoms with E-state index in [1.54, 1.807) is 6.92 Å². The van der Waals surface area contributed by atoms with Gasteiger partial charge in [-0.3, -0.25) is 4.79 Å². The van der Waals surface area contributed by atoms with Gasteiger partial charge in [-0.2, -0.15) is 0 Å². The van der Waals surface area contributed by atoms with E-state index in [0.717, 1.165) is 19.3 Å². The highest BCUT2D eigenvalue weighted by Gasteiger charge is 2.28. The Labute approximate surface area is 91.5 Å². The lowest BCUT2D eigenvalue weighted by molar-refractivity contribution is -0.136. The van der Waals surface area contributed by atoms with E-state index in [4.69, 9.17) is 10.5 Å². The van der Waals surface area contributed by atoms with Crippen LogP contribution in [0.2, 0.25) is 0 Å². The van der Waals surface area contributed by atoms with Crippen molar-refractivity contribution in [3.05, 3.63) is 0 Å². The highest BCUT2D eigenvalue weighted by atomic mass is 16.5. The largest absolute Gasteiger partial charge is 0.364 e. The zero-order valence-electron chi connectivity index (χ0n) is 9.82. The number of nitrogens with two attached hydrogens (primary N) is 1. The molecule has 1 aliphatic rings. The SMILES string of the molecule is CC(C)NC(=O)C(C)OC1CCCC1N. The van der Waals surface area contributed by atoms with Crippen LogP contribution in [0.4, 0.5) is 0 Å². The third-order valence-electron chi connectivity index (χ3n) is 2.68. The maximum Gasteiger partial charge on any atom is 0.249 e. The van der Waals surface area contributed by atoms with Gasteiger partial charge >= 0.3 is 0 Å². The van der Waals surface area contributed by atoms with E-state index in [0.29, 0.717) is 0 Å². The average molecular weight is 214 g/mol. The molecule has 0 radical (unpaired) electrons. The Morgan fingerprint density at radius 3 is 2.53 bits per heavy atom. The summed E-state index contributed by atoms with van der Waals surface area (Å²) in [7, 11) is 0. The topological polar surface area (TPSA) is 64.3 Å². The first-order valence-electron chi connectivity index (χ1n) is 5.72. The van der Waals surface area contributed by atoms with Crippen molar-refractivity contribution in [1.29, 1.82) is 0 Å². The molecule has 0 heterocycles. The zero-order chi connectivity index (χ0) is 11.4. The van der Waals surface area contributed by atoms with Gasteiger partial charge in [0.15, 0.2) is 0 Å². The summed E-state index contributed by atoms with van der Waals surface area (Å²) in [5.74, 6) is -0.0518. The van der Waals surface area contributed by atoms with Crippen molar-refractivity contribution >= 4 is 5.91 Å². The van der Waals surface area contributed by atoms with Crippen LogP contribution in [0.5, 0.6) is 0 Å². The molecule has 1 aliphatic carbocycles. The number of amides is 1. The minimum absolute atomic E-state index is 0.0518. The molecule has 3 unspecified atom stereocenters. The predicted molar refractivity (Wildman–Crippen MR) is 59.4 cm³/mol. The van der Waals surface area contributed by atoms with E-state index in [2.05, 4.69) is 5.32 Å². The summed E-state index contributed by atoms with van der Waals surface area (Å²) < 4.78 is 5.65. The third kappa shape index (κ3) is 3.80. The van der Waals surface area contributed by atoms with Crippen molar-refractivity contribution in [2.75, 3.05) is 0 Å². The molecule has 0 aliphatic heterocycles. The fraction of sp³-hybridized carbons (Fsp3) is 0.909. The van der Waals surface area contributed by atoms with Gasteiger partial charge in [0.25, 0.3) is 0 Å². The molecule has 4 heteroatoms. The number of hydrogen-bond acceptors (Lipinski definition) is 3. The smallest absolute Gasteiger partial charge is 0.249 e. The number of hydrogen-bond donors (Lipinski definition) is 2. The minimum Gasteiger partial charge on any atom is -0.364 e. The number of carbonyl (C=O) groups excluding carboxylic acids is 1. The molecule has 0 bridgehead atoms. The number of rotatable bonds is 4. The van der Waals surface area contributed by atoms with Crippen LogP contribution in [0.1, 0.15) is 40.0 Å². The maximum absolute atomic E-state index is 11.6. The Kier molecular flexibility index (Phi) is 4.54. The third-order valence-corrected chi connectivity index (χ3v) is 2.68. The lowest BCUT2D eigenvalue weighted by Crippen LogP contribution is -2.42. The van der Waals surface area contributed by atoms with Gasteiger partial charge in [0.05, 0.1) is 6.10 Å². The van der Waals surface area contributed by atoms with Crippen LogP contribution in [-0.2, 0) is 9.53 Å². The van der Waals surface area contributed by atoms with E-state index in [1.807, 2.05) is 13.8 Å².